The third kappa shape index (κ3) is 2.88. The summed E-state index contributed by atoms with van der Waals surface area (Å²) in [5.74, 6) is -0.212. The highest BCUT2D eigenvalue weighted by Crippen LogP contribution is 2.26. The van der Waals surface area contributed by atoms with Crippen LogP contribution in [0.1, 0.15) is 27.8 Å². The molecule has 3 heteroatoms. The number of pyridine rings is 1. The second kappa shape index (κ2) is 5.49. The molecule has 1 aromatic carbocycles. The van der Waals surface area contributed by atoms with Gasteiger partial charge in [-0.05, 0) is 42.7 Å². The van der Waals surface area contributed by atoms with Crippen LogP contribution in [0.25, 0.3) is 0 Å². The molecule has 94 valence electrons. The Morgan fingerprint density at radius 2 is 2.00 bits per heavy atom. The van der Waals surface area contributed by atoms with Crippen LogP contribution in [0, 0.1) is 19.7 Å². The highest BCUT2D eigenvalue weighted by atomic mass is 35.5. The van der Waals surface area contributed by atoms with E-state index in [1.165, 1.54) is 6.07 Å². The average Bonchev–Trinajstić information content (AvgIpc) is 2.35. The van der Waals surface area contributed by atoms with Crippen molar-refractivity contribution in [3.63, 3.8) is 0 Å². The monoisotopic (exact) mass is 263 g/mol. The van der Waals surface area contributed by atoms with Crippen molar-refractivity contribution >= 4 is 11.6 Å². The first kappa shape index (κ1) is 13.0. The summed E-state index contributed by atoms with van der Waals surface area (Å²) in [6, 6.07) is 9.03. The van der Waals surface area contributed by atoms with Crippen LogP contribution in [-0.2, 0) is 6.42 Å². The number of alkyl halides is 1. The molecule has 0 spiro atoms. The van der Waals surface area contributed by atoms with E-state index in [1.807, 2.05) is 25.1 Å². The molecule has 0 aliphatic carbocycles. The highest BCUT2D eigenvalue weighted by Gasteiger charge is 2.12. The quantitative estimate of drug-likeness (QED) is 0.750. The summed E-state index contributed by atoms with van der Waals surface area (Å²) in [7, 11) is 0. The minimum absolute atomic E-state index is 0.212. The Bertz CT molecular complexity index is 554. The molecule has 0 aliphatic heterocycles. The third-order valence-corrected chi connectivity index (χ3v) is 3.45. The summed E-state index contributed by atoms with van der Waals surface area (Å²) in [6.07, 6.45) is 2.36. The SMILES string of the molecule is Cc1ccc(C(Cl)Cc2ncccc2C)cc1F. The van der Waals surface area contributed by atoms with Gasteiger partial charge >= 0.3 is 0 Å². The fourth-order valence-corrected chi connectivity index (χ4v) is 2.11. The fraction of sp³-hybridized carbons (Fsp3) is 0.267. The largest absolute Gasteiger partial charge is 0.261 e. The molecule has 0 saturated carbocycles. The topological polar surface area (TPSA) is 12.9 Å². The smallest absolute Gasteiger partial charge is 0.126 e. The van der Waals surface area contributed by atoms with E-state index < -0.39 is 0 Å². The summed E-state index contributed by atoms with van der Waals surface area (Å²) in [5, 5.41) is -0.256. The average molecular weight is 264 g/mol. The Kier molecular flexibility index (Phi) is 3.97. The molecule has 2 rings (SSSR count). The normalized spacial score (nSPS) is 12.4. The number of hydrogen-bond donors (Lipinski definition) is 0. The molecule has 0 saturated heterocycles. The van der Waals surface area contributed by atoms with Gasteiger partial charge in [0.25, 0.3) is 0 Å². The third-order valence-electron chi connectivity index (χ3n) is 3.05. The first-order chi connectivity index (χ1) is 8.58. The van der Waals surface area contributed by atoms with Crippen LogP contribution < -0.4 is 0 Å². The molecular formula is C15H15ClFN. The van der Waals surface area contributed by atoms with Gasteiger partial charge in [-0.15, -0.1) is 11.6 Å². The van der Waals surface area contributed by atoms with Gasteiger partial charge in [-0.3, -0.25) is 4.98 Å². The lowest BCUT2D eigenvalue weighted by Gasteiger charge is -2.11. The van der Waals surface area contributed by atoms with Crippen LogP contribution in [0.5, 0.6) is 0 Å². The summed E-state index contributed by atoms with van der Waals surface area (Å²) in [6.45, 7) is 3.74. The molecule has 1 heterocycles. The van der Waals surface area contributed by atoms with E-state index in [2.05, 4.69) is 4.98 Å². The van der Waals surface area contributed by atoms with Crippen molar-refractivity contribution in [1.29, 1.82) is 0 Å². The summed E-state index contributed by atoms with van der Waals surface area (Å²) in [5.41, 5.74) is 3.50. The van der Waals surface area contributed by atoms with Gasteiger partial charge in [-0.25, -0.2) is 4.39 Å². The van der Waals surface area contributed by atoms with Crippen molar-refractivity contribution in [3.8, 4) is 0 Å². The number of aryl methyl sites for hydroxylation is 2. The van der Waals surface area contributed by atoms with Crippen molar-refractivity contribution < 1.29 is 4.39 Å². The summed E-state index contributed by atoms with van der Waals surface area (Å²) >= 11 is 6.33. The molecular weight excluding hydrogens is 249 g/mol. The maximum atomic E-state index is 13.5. The summed E-state index contributed by atoms with van der Waals surface area (Å²) in [4.78, 5) is 4.31. The van der Waals surface area contributed by atoms with Crippen molar-refractivity contribution in [2.75, 3.05) is 0 Å². The first-order valence-corrected chi connectivity index (χ1v) is 6.32. The Morgan fingerprint density at radius 1 is 1.22 bits per heavy atom. The predicted molar refractivity (Wildman–Crippen MR) is 72.4 cm³/mol. The lowest BCUT2D eigenvalue weighted by atomic mass is 10.0. The Balaban J connectivity index is 2.19. The Hall–Kier alpha value is -1.41. The molecule has 2 aromatic rings. The number of nitrogens with zero attached hydrogens (tertiary/aromatic N) is 1. The zero-order chi connectivity index (χ0) is 13.1. The zero-order valence-electron chi connectivity index (χ0n) is 10.5. The van der Waals surface area contributed by atoms with Gasteiger partial charge in [-0.1, -0.05) is 18.2 Å². The van der Waals surface area contributed by atoms with Gasteiger partial charge in [0.05, 0.1) is 5.38 Å². The van der Waals surface area contributed by atoms with Crippen LogP contribution in [0.15, 0.2) is 36.5 Å². The van der Waals surface area contributed by atoms with E-state index in [0.717, 1.165) is 16.8 Å². The summed E-state index contributed by atoms with van der Waals surface area (Å²) < 4.78 is 13.5. The molecule has 0 radical (unpaired) electrons. The number of benzene rings is 1. The first-order valence-electron chi connectivity index (χ1n) is 5.88. The molecule has 1 nitrogen and oxygen atoms in total. The standard InChI is InChI=1S/C15H15ClFN/c1-10-5-6-12(8-14(10)17)13(16)9-15-11(2)4-3-7-18-15/h3-8,13H,9H2,1-2H3. The van der Waals surface area contributed by atoms with Crippen LogP contribution >= 0.6 is 11.6 Å². The van der Waals surface area contributed by atoms with E-state index in [9.17, 15) is 4.39 Å². The van der Waals surface area contributed by atoms with Gasteiger partial charge < -0.3 is 0 Å². The molecule has 18 heavy (non-hydrogen) atoms. The second-order valence-electron chi connectivity index (χ2n) is 4.45. The van der Waals surface area contributed by atoms with E-state index >= 15 is 0 Å². The highest BCUT2D eigenvalue weighted by molar-refractivity contribution is 6.20. The van der Waals surface area contributed by atoms with Gasteiger partial charge in [0.2, 0.25) is 0 Å². The Labute approximate surface area is 112 Å². The van der Waals surface area contributed by atoms with Crippen LogP contribution in [0.4, 0.5) is 4.39 Å². The number of rotatable bonds is 3. The van der Waals surface area contributed by atoms with Gasteiger partial charge in [0.1, 0.15) is 5.82 Å². The second-order valence-corrected chi connectivity index (χ2v) is 4.97. The van der Waals surface area contributed by atoms with E-state index in [1.54, 1.807) is 19.2 Å². The van der Waals surface area contributed by atoms with Crippen molar-refractivity contribution in [1.82, 2.24) is 4.98 Å². The number of halogens is 2. The van der Waals surface area contributed by atoms with Crippen LogP contribution in [0.2, 0.25) is 0 Å². The lowest BCUT2D eigenvalue weighted by Crippen LogP contribution is -2.01. The molecule has 0 aliphatic rings. The molecule has 1 atom stereocenters. The van der Waals surface area contributed by atoms with Crippen molar-refractivity contribution in [2.45, 2.75) is 25.6 Å². The van der Waals surface area contributed by atoms with Gasteiger partial charge in [-0.2, -0.15) is 0 Å². The minimum Gasteiger partial charge on any atom is -0.261 e. The fourth-order valence-electron chi connectivity index (χ4n) is 1.82. The molecule has 1 unspecified atom stereocenters. The Morgan fingerprint density at radius 3 is 2.67 bits per heavy atom. The molecule has 0 fully saturated rings. The van der Waals surface area contributed by atoms with E-state index in [0.29, 0.717) is 12.0 Å². The minimum atomic E-state index is -0.256. The number of aromatic nitrogens is 1. The maximum Gasteiger partial charge on any atom is 0.126 e. The van der Waals surface area contributed by atoms with Gasteiger partial charge in [0.15, 0.2) is 0 Å². The van der Waals surface area contributed by atoms with E-state index in [-0.39, 0.29) is 11.2 Å². The van der Waals surface area contributed by atoms with Crippen molar-refractivity contribution in [3.05, 3.63) is 64.7 Å². The molecule has 1 aromatic heterocycles. The molecule has 0 N–H and O–H groups in total. The predicted octanol–water partition coefficient (Wildman–Crippen LogP) is 4.36. The van der Waals surface area contributed by atoms with Gasteiger partial charge in [0, 0.05) is 18.3 Å². The van der Waals surface area contributed by atoms with Crippen molar-refractivity contribution in [2.24, 2.45) is 0 Å². The molecule has 0 bridgehead atoms. The zero-order valence-corrected chi connectivity index (χ0v) is 11.2. The molecule has 0 amide bonds. The van der Waals surface area contributed by atoms with Crippen LogP contribution in [-0.4, -0.2) is 4.98 Å². The maximum absolute atomic E-state index is 13.5. The lowest BCUT2D eigenvalue weighted by molar-refractivity contribution is 0.615. The number of hydrogen-bond acceptors (Lipinski definition) is 1. The van der Waals surface area contributed by atoms with E-state index in [4.69, 9.17) is 11.6 Å². The van der Waals surface area contributed by atoms with Crippen LogP contribution in [0.3, 0.4) is 0 Å².